The fraction of sp³-hybridized carbons (Fsp3) is 0.381. The molecule has 1 aromatic rings. The van der Waals surface area contributed by atoms with E-state index in [2.05, 4.69) is 0 Å². The number of hydrogen-bond donors (Lipinski definition) is 2. The predicted molar refractivity (Wildman–Crippen MR) is 110 cm³/mol. The number of benzene rings is 1. The van der Waals surface area contributed by atoms with Crippen LogP contribution in [0.15, 0.2) is 35.6 Å². The molecule has 0 aromatic heterocycles. The fourth-order valence-electron chi connectivity index (χ4n) is 2.50. The molecule has 1 atom stereocenters. The first-order valence-corrected chi connectivity index (χ1v) is 8.82. The molecule has 0 heterocycles. The van der Waals surface area contributed by atoms with Gasteiger partial charge in [-0.15, -0.1) is 0 Å². The number of carbonyl (C=O) groups excluding carboxylic acids is 2. The van der Waals surface area contributed by atoms with Gasteiger partial charge in [-0.25, -0.2) is 0 Å². The van der Waals surface area contributed by atoms with Crippen LogP contribution in [0.3, 0.4) is 0 Å². The molecule has 8 heteroatoms. The average molecular weight is 404 g/mol. The van der Waals surface area contributed by atoms with Gasteiger partial charge < -0.3 is 24.7 Å². The van der Waals surface area contributed by atoms with Crippen molar-refractivity contribution >= 4 is 17.3 Å². The number of hydrogen-bond acceptors (Lipinski definition) is 8. The Morgan fingerprint density at radius 1 is 1.10 bits per heavy atom. The van der Waals surface area contributed by atoms with Crippen LogP contribution in [0.5, 0.6) is 17.2 Å². The highest BCUT2D eigenvalue weighted by atomic mass is 16.5. The number of ketones is 2. The van der Waals surface area contributed by atoms with Crippen molar-refractivity contribution < 1.29 is 28.5 Å². The third-order valence-corrected chi connectivity index (χ3v) is 4.11. The minimum absolute atomic E-state index is 0.0774. The number of rotatable bonds is 11. The molecule has 1 unspecified atom stereocenters. The van der Waals surface area contributed by atoms with Gasteiger partial charge in [-0.3, -0.25) is 15.0 Å². The average Bonchev–Trinajstić information content (AvgIpc) is 2.70. The van der Waals surface area contributed by atoms with Crippen LogP contribution >= 0.6 is 0 Å². The number of ether oxygens (including phenoxy) is 4. The summed E-state index contributed by atoms with van der Waals surface area (Å²) in [6.45, 7) is 3.18. The van der Waals surface area contributed by atoms with Crippen LogP contribution in [-0.4, -0.2) is 51.8 Å². The Balaban J connectivity index is 3.44. The molecule has 158 valence electrons. The Kier molecular flexibility index (Phi) is 9.08. The Labute approximate surface area is 170 Å². The van der Waals surface area contributed by atoms with Crippen molar-refractivity contribution in [1.82, 2.24) is 0 Å². The first-order valence-electron chi connectivity index (χ1n) is 8.82. The highest BCUT2D eigenvalue weighted by Crippen LogP contribution is 2.38. The third kappa shape index (κ3) is 6.18. The third-order valence-electron chi connectivity index (χ3n) is 4.11. The fourth-order valence-corrected chi connectivity index (χ4v) is 2.50. The zero-order chi connectivity index (χ0) is 22.1. The molecule has 0 aliphatic heterocycles. The Bertz CT molecular complexity index is 817. The zero-order valence-corrected chi connectivity index (χ0v) is 17.6. The summed E-state index contributed by atoms with van der Waals surface area (Å²) < 4.78 is 20.9. The lowest BCUT2D eigenvalue weighted by Gasteiger charge is -2.15. The van der Waals surface area contributed by atoms with Gasteiger partial charge >= 0.3 is 0 Å². The molecule has 0 radical (unpaired) electrons. The summed E-state index contributed by atoms with van der Waals surface area (Å²) in [5.74, 6) is 0.114. The first-order chi connectivity index (χ1) is 13.7. The number of nitrogens with two attached hydrogens (primary N) is 1. The van der Waals surface area contributed by atoms with Gasteiger partial charge in [-0.1, -0.05) is 12.2 Å². The Morgan fingerprint density at radius 3 is 2.07 bits per heavy atom. The summed E-state index contributed by atoms with van der Waals surface area (Å²) in [6.07, 6.45) is 2.83. The van der Waals surface area contributed by atoms with E-state index in [0.717, 1.165) is 0 Å². The number of nitrogens with one attached hydrogen (secondary N) is 1. The van der Waals surface area contributed by atoms with Crippen LogP contribution in [0, 0.1) is 5.41 Å². The second-order valence-electron chi connectivity index (χ2n) is 6.24. The van der Waals surface area contributed by atoms with Crippen LogP contribution in [0.25, 0.3) is 0 Å². The van der Waals surface area contributed by atoms with E-state index in [1.54, 1.807) is 13.0 Å². The topological polar surface area (TPSA) is 121 Å². The van der Waals surface area contributed by atoms with Crippen molar-refractivity contribution in [3.05, 3.63) is 41.1 Å². The van der Waals surface area contributed by atoms with Crippen LogP contribution < -0.4 is 19.9 Å². The largest absolute Gasteiger partial charge is 0.493 e. The molecule has 1 aromatic carbocycles. The SMILES string of the molecule is COc1cc(C(=O)C(=N)C(/C=C\C(C)OC)=C(\N)CC(C)=O)cc(OC)c1OC. The zero-order valence-electron chi connectivity index (χ0n) is 17.6. The molecule has 0 amide bonds. The molecule has 0 saturated carbocycles. The van der Waals surface area contributed by atoms with Crippen molar-refractivity contribution in [1.29, 1.82) is 5.41 Å². The van der Waals surface area contributed by atoms with Crippen LogP contribution in [0.4, 0.5) is 0 Å². The van der Waals surface area contributed by atoms with E-state index in [-0.39, 0.29) is 52.4 Å². The molecule has 0 aliphatic carbocycles. The van der Waals surface area contributed by atoms with Crippen LogP contribution in [0.2, 0.25) is 0 Å². The molecule has 0 aliphatic rings. The second-order valence-corrected chi connectivity index (χ2v) is 6.24. The van der Waals surface area contributed by atoms with Gasteiger partial charge in [-0.05, 0) is 26.0 Å². The normalized spacial score (nSPS) is 12.9. The summed E-state index contributed by atoms with van der Waals surface area (Å²) in [5, 5.41) is 8.42. The van der Waals surface area contributed by atoms with Gasteiger partial charge in [0.05, 0.1) is 27.4 Å². The highest BCUT2D eigenvalue weighted by molar-refractivity contribution is 6.51. The van der Waals surface area contributed by atoms with E-state index in [1.807, 2.05) is 0 Å². The molecule has 1 rings (SSSR count). The molecule has 29 heavy (non-hydrogen) atoms. The van der Waals surface area contributed by atoms with Gasteiger partial charge in [0.2, 0.25) is 11.5 Å². The maximum atomic E-state index is 13.0. The van der Waals surface area contributed by atoms with Crippen molar-refractivity contribution in [3.8, 4) is 17.2 Å². The number of methoxy groups -OCH3 is 4. The molecule has 8 nitrogen and oxygen atoms in total. The maximum Gasteiger partial charge on any atom is 0.211 e. The predicted octanol–water partition coefficient (Wildman–Crippen LogP) is 2.70. The van der Waals surface area contributed by atoms with E-state index in [1.165, 1.54) is 53.6 Å². The monoisotopic (exact) mass is 404 g/mol. The first kappa shape index (κ1) is 23.9. The lowest BCUT2D eigenvalue weighted by molar-refractivity contribution is -0.116. The molecule has 0 fully saturated rings. The molecule has 0 spiro atoms. The Morgan fingerprint density at radius 2 is 1.66 bits per heavy atom. The van der Waals surface area contributed by atoms with Crippen molar-refractivity contribution in [2.45, 2.75) is 26.4 Å². The number of allylic oxidation sites excluding steroid dienone is 3. The van der Waals surface area contributed by atoms with E-state index in [9.17, 15) is 9.59 Å². The highest BCUT2D eigenvalue weighted by Gasteiger charge is 2.22. The summed E-state index contributed by atoms with van der Waals surface area (Å²) >= 11 is 0. The van der Waals surface area contributed by atoms with Crippen molar-refractivity contribution in [3.63, 3.8) is 0 Å². The summed E-state index contributed by atoms with van der Waals surface area (Å²) in [5.41, 5.74) is 6.10. The van der Waals surface area contributed by atoms with Crippen LogP contribution in [0.1, 0.15) is 30.6 Å². The summed E-state index contributed by atoms with van der Waals surface area (Å²) in [7, 11) is 5.85. The second kappa shape index (κ2) is 11.0. The van der Waals surface area contributed by atoms with E-state index in [0.29, 0.717) is 5.75 Å². The van der Waals surface area contributed by atoms with E-state index < -0.39 is 5.78 Å². The lowest BCUT2D eigenvalue weighted by atomic mass is 9.96. The number of Topliss-reactive ketones (excluding diaryl/α,β-unsaturated/α-hetero) is 2. The van der Waals surface area contributed by atoms with Gasteiger partial charge in [-0.2, -0.15) is 0 Å². The van der Waals surface area contributed by atoms with Gasteiger partial charge in [0.15, 0.2) is 11.5 Å². The van der Waals surface area contributed by atoms with Crippen LogP contribution in [-0.2, 0) is 9.53 Å². The minimum Gasteiger partial charge on any atom is -0.493 e. The molecular weight excluding hydrogens is 376 g/mol. The standard InChI is InChI=1S/C21H28N2O6/c1-12(24)9-16(22)15(8-7-13(2)26-3)19(23)20(25)14-10-17(27-4)21(29-6)18(11-14)28-5/h7-8,10-11,13,23H,9,22H2,1-6H3/b8-7-,16-15-,23-19?. The van der Waals surface area contributed by atoms with Gasteiger partial charge in [0.1, 0.15) is 11.5 Å². The van der Waals surface area contributed by atoms with Gasteiger partial charge in [0.25, 0.3) is 0 Å². The molecule has 0 saturated heterocycles. The number of carbonyl (C=O) groups is 2. The smallest absolute Gasteiger partial charge is 0.211 e. The van der Waals surface area contributed by atoms with E-state index >= 15 is 0 Å². The molecule has 3 N–H and O–H groups in total. The minimum atomic E-state index is -0.611. The molecular formula is C21H28N2O6. The maximum absolute atomic E-state index is 13.0. The summed E-state index contributed by atoms with van der Waals surface area (Å²) in [4.78, 5) is 24.5. The van der Waals surface area contributed by atoms with Crippen molar-refractivity contribution in [2.24, 2.45) is 5.73 Å². The van der Waals surface area contributed by atoms with E-state index in [4.69, 9.17) is 30.1 Å². The van der Waals surface area contributed by atoms with Gasteiger partial charge in [0, 0.05) is 30.4 Å². The van der Waals surface area contributed by atoms with Crippen molar-refractivity contribution in [2.75, 3.05) is 28.4 Å². The quantitative estimate of drug-likeness (QED) is 0.330. The summed E-state index contributed by atoms with van der Waals surface area (Å²) in [6, 6.07) is 2.91. The lowest BCUT2D eigenvalue weighted by Crippen LogP contribution is -2.20. The molecule has 0 bridgehead atoms. The Hall–Kier alpha value is -3.13.